The molecule has 4 aromatic heterocycles. The lowest BCUT2D eigenvalue weighted by Crippen LogP contribution is -2.39. The molecule has 0 aromatic carbocycles. The Labute approximate surface area is 213 Å². The highest BCUT2D eigenvalue weighted by Gasteiger charge is 2.28. The summed E-state index contributed by atoms with van der Waals surface area (Å²) < 4.78 is 32.9. The van der Waals surface area contributed by atoms with Crippen molar-refractivity contribution in [2.24, 2.45) is 7.05 Å². The summed E-state index contributed by atoms with van der Waals surface area (Å²) in [6.45, 7) is 3.51. The fourth-order valence-electron chi connectivity index (χ4n) is 4.54. The second-order valence-electron chi connectivity index (χ2n) is 9.36. The number of imidazole rings is 1. The molecule has 0 atom stereocenters. The number of fused-ring (bicyclic) bond motifs is 1. The maximum Gasteiger partial charge on any atom is 0.250 e. The van der Waals surface area contributed by atoms with E-state index in [0.29, 0.717) is 26.2 Å². The van der Waals surface area contributed by atoms with E-state index in [4.69, 9.17) is 4.98 Å². The molecule has 12 heteroatoms. The summed E-state index contributed by atoms with van der Waals surface area (Å²) in [5.74, 6) is 0.575. The molecule has 0 saturated heterocycles. The normalized spacial score (nSPS) is 16.8. The van der Waals surface area contributed by atoms with E-state index in [2.05, 4.69) is 31.5 Å². The fourth-order valence-corrected chi connectivity index (χ4v) is 7.46. The molecule has 10 nitrogen and oxygen atoms in total. The smallest absolute Gasteiger partial charge is 0.250 e. The van der Waals surface area contributed by atoms with Gasteiger partial charge in [0.25, 0.3) is 10.0 Å². The zero-order chi connectivity index (χ0) is 24.9. The van der Waals surface area contributed by atoms with E-state index in [-0.39, 0.29) is 6.04 Å². The van der Waals surface area contributed by atoms with Crippen molar-refractivity contribution in [3.8, 4) is 11.3 Å². The van der Waals surface area contributed by atoms with Crippen LogP contribution in [-0.4, -0.2) is 51.7 Å². The zero-order valence-electron chi connectivity index (χ0n) is 20.2. The van der Waals surface area contributed by atoms with Gasteiger partial charge in [-0.25, -0.2) is 23.1 Å². The van der Waals surface area contributed by atoms with Crippen LogP contribution in [0.5, 0.6) is 0 Å². The number of thiophene rings is 1. The third kappa shape index (κ3) is 4.34. The van der Waals surface area contributed by atoms with Crippen LogP contribution in [0.3, 0.4) is 0 Å². The molecule has 1 fully saturated rings. The van der Waals surface area contributed by atoms with Gasteiger partial charge in [-0.1, -0.05) is 12.5 Å². The molecular weight excluding hydrogens is 496 g/mol. The number of nitrogens with zero attached hydrogens (tertiary/aromatic N) is 5. The molecule has 2 aliphatic rings. The quantitative estimate of drug-likeness (QED) is 0.339. The maximum absolute atomic E-state index is 13.0. The first kappa shape index (κ1) is 23.3. The Morgan fingerprint density at radius 1 is 1.22 bits per heavy atom. The van der Waals surface area contributed by atoms with Gasteiger partial charge in [0.2, 0.25) is 0 Å². The summed E-state index contributed by atoms with van der Waals surface area (Å²) in [6.07, 6.45) is 13.6. The summed E-state index contributed by atoms with van der Waals surface area (Å²) in [7, 11) is -1.67. The van der Waals surface area contributed by atoms with Crippen LogP contribution in [0, 0.1) is 6.92 Å². The predicted molar refractivity (Wildman–Crippen MR) is 141 cm³/mol. The minimum Gasteiger partial charge on any atom is -0.329 e. The molecule has 3 N–H and O–H groups in total. The monoisotopic (exact) mass is 524 g/mol. The van der Waals surface area contributed by atoms with Crippen molar-refractivity contribution >= 4 is 43.4 Å². The Hall–Kier alpha value is -3.06. The lowest BCUT2D eigenvalue weighted by atomic mass is 9.94. The summed E-state index contributed by atoms with van der Waals surface area (Å²) in [4.78, 5) is 9.58. The molecule has 1 saturated carbocycles. The summed E-state index contributed by atoms with van der Waals surface area (Å²) in [6, 6.07) is 1.90. The Morgan fingerprint density at radius 2 is 2.08 bits per heavy atom. The van der Waals surface area contributed by atoms with E-state index < -0.39 is 10.0 Å². The van der Waals surface area contributed by atoms with Gasteiger partial charge in [0.1, 0.15) is 4.21 Å². The van der Waals surface area contributed by atoms with Crippen molar-refractivity contribution < 1.29 is 8.42 Å². The molecule has 5 heterocycles. The molecule has 6 rings (SSSR count). The number of hydrogen-bond acceptors (Lipinski definition) is 8. The molecule has 1 aliphatic heterocycles. The highest BCUT2D eigenvalue weighted by atomic mass is 32.2. The molecular formula is C24H28N8O2S2. The molecule has 0 spiro atoms. The highest BCUT2D eigenvalue weighted by Crippen LogP contribution is 2.35. The van der Waals surface area contributed by atoms with Crippen LogP contribution in [0.2, 0.25) is 0 Å². The van der Waals surface area contributed by atoms with Gasteiger partial charge in [-0.2, -0.15) is 5.10 Å². The first-order valence-corrected chi connectivity index (χ1v) is 14.3. The SMILES string of the molecule is Cc1cc(Nc2nc(C3=CCCNC3)cn3c(-c4cnn(C)c4)cnc23)sc1S(=O)(=O)NC1CCC1. The fraction of sp³-hybridized carbons (Fsp3) is 0.375. The van der Waals surface area contributed by atoms with E-state index in [0.717, 1.165) is 61.3 Å². The Balaban J connectivity index is 1.41. The number of nitrogens with one attached hydrogen (secondary N) is 3. The molecule has 0 radical (unpaired) electrons. The molecule has 0 amide bonds. The third-order valence-corrected chi connectivity index (χ3v) is 9.94. The van der Waals surface area contributed by atoms with Crippen LogP contribution in [0.1, 0.15) is 36.9 Å². The molecule has 0 bridgehead atoms. The van der Waals surface area contributed by atoms with Crippen molar-refractivity contribution in [3.05, 3.63) is 48.2 Å². The van der Waals surface area contributed by atoms with E-state index in [9.17, 15) is 8.42 Å². The van der Waals surface area contributed by atoms with Crippen LogP contribution in [0.25, 0.3) is 22.5 Å². The third-order valence-electron chi connectivity index (χ3n) is 6.63. The average molecular weight is 525 g/mol. The second-order valence-corrected chi connectivity index (χ2v) is 12.3. The topological polar surface area (TPSA) is 118 Å². The molecule has 188 valence electrons. The molecule has 4 aromatic rings. The number of aromatic nitrogens is 5. The Morgan fingerprint density at radius 3 is 2.78 bits per heavy atom. The Kier molecular flexibility index (Phi) is 5.91. The molecule has 0 unspecified atom stereocenters. The number of rotatable bonds is 7. The highest BCUT2D eigenvalue weighted by molar-refractivity contribution is 7.91. The van der Waals surface area contributed by atoms with E-state index >= 15 is 0 Å². The number of hydrogen-bond donors (Lipinski definition) is 3. The van der Waals surface area contributed by atoms with E-state index in [1.807, 2.05) is 49.2 Å². The van der Waals surface area contributed by atoms with Gasteiger partial charge in [-0.15, -0.1) is 11.3 Å². The second kappa shape index (κ2) is 9.11. The van der Waals surface area contributed by atoms with E-state index in [1.165, 1.54) is 11.3 Å². The summed E-state index contributed by atoms with van der Waals surface area (Å²) >= 11 is 1.22. The van der Waals surface area contributed by atoms with Crippen molar-refractivity contribution in [3.63, 3.8) is 0 Å². The minimum absolute atomic E-state index is 0.0408. The van der Waals surface area contributed by atoms with Gasteiger partial charge in [-0.3, -0.25) is 9.08 Å². The largest absolute Gasteiger partial charge is 0.329 e. The minimum atomic E-state index is -3.56. The summed E-state index contributed by atoms with van der Waals surface area (Å²) in [5, 5.41) is 11.8. The molecule has 1 aliphatic carbocycles. The number of sulfonamides is 1. The predicted octanol–water partition coefficient (Wildman–Crippen LogP) is 3.45. The van der Waals surface area contributed by atoms with Crippen LogP contribution < -0.4 is 15.4 Å². The first-order chi connectivity index (χ1) is 17.4. The van der Waals surface area contributed by atoms with Crippen LogP contribution in [0.4, 0.5) is 10.8 Å². The number of anilines is 2. The maximum atomic E-state index is 13.0. The van der Waals surface area contributed by atoms with Gasteiger partial charge >= 0.3 is 0 Å². The van der Waals surface area contributed by atoms with Crippen molar-refractivity contribution in [2.75, 3.05) is 18.4 Å². The lowest BCUT2D eigenvalue weighted by Gasteiger charge is -2.25. The van der Waals surface area contributed by atoms with Crippen LogP contribution in [0.15, 0.2) is 41.1 Å². The Bertz CT molecular complexity index is 1580. The van der Waals surface area contributed by atoms with Crippen molar-refractivity contribution in [2.45, 2.75) is 42.9 Å². The zero-order valence-corrected chi connectivity index (χ0v) is 21.8. The van der Waals surface area contributed by atoms with Crippen molar-refractivity contribution in [1.82, 2.24) is 34.2 Å². The lowest BCUT2D eigenvalue weighted by molar-refractivity contribution is 0.384. The summed E-state index contributed by atoms with van der Waals surface area (Å²) in [5.41, 5.74) is 5.18. The van der Waals surface area contributed by atoms with Gasteiger partial charge < -0.3 is 10.6 Å². The van der Waals surface area contributed by atoms with Gasteiger partial charge in [-0.05, 0) is 49.9 Å². The molecule has 36 heavy (non-hydrogen) atoms. The van der Waals surface area contributed by atoms with Crippen molar-refractivity contribution in [1.29, 1.82) is 0 Å². The number of aryl methyl sites for hydroxylation is 2. The van der Waals surface area contributed by atoms with Gasteiger partial charge in [0.15, 0.2) is 11.5 Å². The van der Waals surface area contributed by atoms with Crippen LogP contribution >= 0.6 is 11.3 Å². The van der Waals surface area contributed by atoms with E-state index in [1.54, 1.807) is 4.68 Å². The first-order valence-electron chi connectivity index (χ1n) is 12.0. The standard InChI is InChI=1S/C24H28N8O2S2/c1-15-9-21(35-24(15)36(33,34)30-18-6-3-7-18)29-22-23-26-12-20(17-11-27-31(2)13-17)32(23)14-19(28-22)16-5-4-8-25-10-16/h5,9,11-14,18,25,30H,3-4,6-8,10H2,1-2H3,(H,28,29). The van der Waals surface area contributed by atoms with Gasteiger partial charge in [0, 0.05) is 37.6 Å². The van der Waals surface area contributed by atoms with Crippen LogP contribution in [-0.2, 0) is 17.1 Å². The average Bonchev–Trinajstić information content (AvgIpc) is 3.55. The van der Waals surface area contributed by atoms with Gasteiger partial charge in [0.05, 0.1) is 28.8 Å².